The number of aromatic nitrogens is 1. The Bertz CT molecular complexity index is 919. The summed E-state index contributed by atoms with van der Waals surface area (Å²) in [6.07, 6.45) is 1.65. The van der Waals surface area contributed by atoms with Crippen LogP contribution in [0.2, 0.25) is 0 Å². The minimum absolute atomic E-state index is 0.164. The van der Waals surface area contributed by atoms with Crippen LogP contribution in [-0.4, -0.2) is 81.0 Å². The van der Waals surface area contributed by atoms with Gasteiger partial charge in [0.25, 0.3) is 15.9 Å². The van der Waals surface area contributed by atoms with Crippen LogP contribution in [0.1, 0.15) is 10.5 Å². The summed E-state index contributed by atoms with van der Waals surface area (Å²) in [7, 11) is -3.47. The lowest BCUT2D eigenvalue weighted by Gasteiger charge is -2.33. The zero-order valence-electron chi connectivity index (χ0n) is 15.4. The van der Waals surface area contributed by atoms with Crippen molar-refractivity contribution in [2.75, 3.05) is 57.4 Å². The minimum Gasteiger partial charge on any atom is -0.378 e. The van der Waals surface area contributed by atoms with Gasteiger partial charge in [0.15, 0.2) is 0 Å². The average molecular weight is 423 g/mol. The molecule has 8 nitrogen and oxygen atoms in total. The van der Waals surface area contributed by atoms with Gasteiger partial charge in [0.05, 0.1) is 13.2 Å². The largest absolute Gasteiger partial charge is 0.378 e. The van der Waals surface area contributed by atoms with Crippen molar-refractivity contribution in [2.24, 2.45) is 0 Å². The van der Waals surface area contributed by atoms with Crippen molar-refractivity contribution < 1.29 is 17.9 Å². The lowest BCUT2D eigenvalue weighted by molar-refractivity contribution is 0.0692. The molecule has 0 aromatic carbocycles. The fourth-order valence-corrected chi connectivity index (χ4v) is 5.95. The number of pyridine rings is 1. The van der Waals surface area contributed by atoms with Gasteiger partial charge in [-0.25, -0.2) is 8.42 Å². The Hall–Kier alpha value is -2.01. The van der Waals surface area contributed by atoms with Crippen molar-refractivity contribution in [3.8, 4) is 0 Å². The number of carbonyl (C=O) groups is 1. The number of morpholine rings is 1. The number of nitrogens with zero attached hydrogens (tertiary/aromatic N) is 4. The number of piperazine rings is 1. The first-order valence-corrected chi connectivity index (χ1v) is 11.5. The topological polar surface area (TPSA) is 83.1 Å². The molecule has 0 radical (unpaired) electrons. The Labute approximate surface area is 168 Å². The highest BCUT2D eigenvalue weighted by atomic mass is 32.2. The molecule has 4 rings (SSSR count). The predicted molar refractivity (Wildman–Crippen MR) is 106 cm³/mol. The van der Waals surface area contributed by atoms with Crippen molar-refractivity contribution in [3.63, 3.8) is 0 Å². The van der Waals surface area contributed by atoms with Gasteiger partial charge in [0, 0.05) is 51.2 Å². The van der Waals surface area contributed by atoms with E-state index in [9.17, 15) is 13.2 Å². The van der Waals surface area contributed by atoms with Crippen LogP contribution in [0.15, 0.2) is 40.1 Å². The molecule has 2 saturated heterocycles. The number of anilines is 1. The molecule has 0 bridgehead atoms. The molecule has 2 fully saturated rings. The van der Waals surface area contributed by atoms with Gasteiger partial charge in [0.2, 0.25) is 0 Å². The third kappa shape index (κ3) is 3.90. The summed E-state index contributed by atoms with van der Waals surface area (Å²) in [6.45, 7) is 4.20. The number of rotatable bonds is 4. The van der Waals surface area contributed by atoms with Gasteiger partial charge in [-0.2, -0.15) is 4.31 Å². The van der Waals surface area contributed by atoms with E-state index in [0.29, 0.717) is 36.2 Å². The average Bonchev–Trinajstić information content (AvgIpc) is 3.30. The van der Waals surface area contributed by atoms with Gasteiger partial charge in [-0.3, -0.25) is 9.78 Å². The van der Waals surface area contributed by atoms with Crippen LogP contribution < -0.4 is 4.90 Å². The summed E-state index contributed by atoms with van der Waals surface area (Å²) in [5.74, 6) is -0.164. The highest BCUT2D eigenvalue weighted by Gasteiger charge is 2.31. The Kier molecular flexibility index (Phi) is 5.63. The monoisotopic (exact) mass is 422 g/mol. The third-order valence-corrected chi connectivity index (χ3v) is 8.23. The molecule has 1 amide bonds. The zero-order valence-corrected chi connectivity index (χ0v) is 17.0. The number of thiophene rings is 1. The fourth-order valence-electron chi connectivity index (χ4n) is 3.39. The van der Waals surface area contributed by atoms with Crippen LogP contribution in [0.25, 0.3) is 0 Å². The van der Waals surface area contributed by atoms with E-state index < -0.39 is 10.0 Å². The third-order valence-electron chi connectivity index (χ3n) is 4.95. The number of sulfonamides is 1. The second kappa shape index (κ2) is 8.16. The van der Waals surface area contributed by atoms with Crippen molar-refractivity contribution >= 4 is 33.0 Å². The van der Waals surface area contributed by atoms with E-state index >= 15 is 0 Å². The van der Waals surface area contributed by atoms with Crippen LogP contribution >= 0.6 is 11.3 Å². The zero-order chi connectivity index (χ0) is 19.6. The molecular formula is C18H22N4O4S2. The highest BCUT2D eigenvalue weighted by Crippen LogP contribution is 2.23. The summed E-state index contributed by atoms with van der Waals surface area (Å²) >= 11 is 1.21. The molecule has 150 valence electrons. The molecule has 10 heteroatoms. The molecule has 2 aliphatic rings. The van der Waals surface area contributed by atoms with E-state index in [1.807, 2.05) is 12.1 Å². The van der Waals surface area contributed by atoms with Gasteiger partial charge < -0.3 is 14.5 Å². The van der Waals surface area contributed by atoms with Gasteiger partial charge in [-0.15, -0.1) is 11.3 Å². The van der Waals surface area contributed by atoms with E-state index in [1.54, 1.807) is 28.6 Å². The molecule has 0 unspecified atom stereocenters. The first kappa shape index (κ1) is 19.3. The quantitative estimate of drug-likeness (QED) is 0.735. The van der Waals surface area contributed by atoms with E-state index in [2.05, 4.69) is 9.88 Å². The predicted octanol–water partition coefficient (Wildman–Crippen LogP) is 1.13. The molecule has 28 heavy (non-hydrogen) atoms. The summed E-state index contributed by atoms with van der Waals surface area (Å²) in [5, 5.41) is 1.75. The molecule has 0 spiro atoms. The maximum absolute atomic E-state index is 12.9. The molecular weight excluding hydrogens is 400 g/mol. The Morgan fingerprint density at radius 3 is 2.50 bits per heavy atom. The standard InChI is InChI=1S/C18H22N4O4S2/c23-18(16-14-15(3-4-19-16)20-9-11-26-12-10-20)21-5-7-22(8-6-21)28(24,25)17-2-1-13-27-17/h1-4,13-14H,5-12H2. The molecule has 0 atom stereocenters. The van der Waals surface area contributed by atoms with Gasteiger partial charge in [0.1, 0.15) is 9.90 Å². The number of hydrogen-bond acceptors (Lipinski definition) is 7. The summed E-state index contributed by atoms with van der Waals surface area (Å²) in [6, 6.07) is 7.04. The van der Waals surface area contributed by atoms with Gasteiger partial charge in [-0.05, 0) is 23.6 Å². The van der Waals surface area contributed by atoms with Crippen molar-refractivity contribution in [1.82, 2.24) is 14.2 Å². The second-order valence-electron chi connectivity index (χ2n) is 6.63. The molecule has 2 aromatic heterocycles. The normalized spacial score (nSPS) is 19.0. The van der Waals surface area contributed by atoms with E-state index in [1.165, 1.54) is 15.6 Å². The molecule has 2 aliphatic heterocycles. The van der Waals surface area contributed by atoms with Crippen LogP contribution in [0, 0.1) is 0 Å². The van der Waals surface area contributed by atoms with Crippen LogP contribution in [0.4, 0.5) is 5.69 Å². The second-order valence-corrected chi connectivity index (χ2v) is 9.74. The van der Waals surface area contributed by atoms with Crippen LogP contribution in [0.5, 0.6) is 0 Å². The SMILES string of the molecule is O=C(c1cc(N2CCOCC2)ccn1)N1CCN(S(=O)(=O)c2cccs2)CC1. The minimum atomic E-state index is -3.47. The summed E-state index contributed by atoms with van der Waals surface area (Å²) in [4.78, 5) is 21.0. The summed E-state index contributed by atoms with van der Waals surface area (Å²) < 4.78 is 32.4. The Morgan fingerprint density at radius 2 is 1.82 bits per heavy atom. The van der Waals surface area contributed by atoms with Crippen molar-refractivity contribution in [3.05, 3.63) is 41.5 Å². The van der Waals surface area contributed by atoms with Gasteiger partial charge >= 0.3 is 0 Å². The molecule has 0 aliphatic carbocycles. The molecule has 2 aromatic rings. The lowest BCUT2D eigenvalue weighted by atomic mass is 10.2. The Balaban J connectivity index is 1.42. The van der Waals surface area contributed by atoms with Crippen LogP contribution in [-0.2, 0) is 14.8 Å². The van der Waals surface area contributed by atoms with E-state index in [0.717, 1.165) is 18.8 Å². The maximum Gasteiger partial charge on any atom is 0.272 e. The van der Waals surface area contributed by atoms with E-state index in [4.69, 9.17) is 4.74 Å². The smallest absolute Gasteiger partial charge is 0.272 e. The maximum atomic E-state index is 12.9. The van der Waals surface area contributed by atoms with Crippen molar-refractivity contribution in [1.29, 1.82) is 0 Å². The fraction of sp³-hybridized carbons (Fsp3) is 0.444. The van der Waals surface area contributed by atoms with Crippen LogP contribution in [0.3, 0.4) is 0 Å². The molecule has 4 heterocycles. The summed E-state index contributed by atoms with van der Waals surface area (Å²) in [5.41, 5.74) is 1.35. The van der Waals surface area contributed by atoms with Gasteiger partial charge in [-0.1, -0.05) is 6.07 Å². The number of amides is 1. The number of ether oxygens (including phenoxy) is 1. The number of carbonyl (C=O) groups excluding carboxylic acids is 1. The van der Waals surface area contributed by atoms with E-state index in [-0.39, 0.29) is 19.0 Å². The Morgan fingerprint density at radius 1 is 1.07 bits per heavy atom. The highest BCUT2D eigenvalue weighted by molar-refractivity contribution is 7.91. The number of hydrogen-bond donors (Lipinski definition) is 0. The lowest BCUT2D eigenvalue weighted by Crippen LogP contribution is -2.50. The first-order chi connectivity index (χ1) is 13.6. The van der Waals surface area contributed by atoms with Crippen molar-refractivity contribution in [2.45, 2.75) is 4.21 Å². The molecule has 0 saturated carbocycles. The molecule has 0 N–H and O–H groups in total. The first-order valence-electron chi connectivity index (χ1n) is 9.17.